The minimum absolute atomic E-state index is 0.0159. The third kappa shape index (κ3) is 4.56. The van der Waals surface area contributed by atoms with Gasteiger partial charge in [-0.05, 0) is 47.9 Å². The number of methoxy groups -OCH3 is 1. The first-order chi connectivity index (χ1) is 18.1. The number of phenols is 1. The van der Waals surface area contributed by atoms with E-state index < -0.39 is 5.91 Å². The van der Waals surface area contributed by atoms with E-state index in [0.29, 0.717) is 28.0 Å². The van der Waals surface area contributed by atoms with E-state index in [9.17, 15) is 15.2 Å². The minimum atomic E-state index is -0.527. The zero-order valence-electron chi connectivity index (χ0n) is 19.5. The van der Waals surface area contributed by atoms with Crippen molar-refractivity contribution in [1.29, 1.82) is 5.26 Å². The van der Waals surface area contributed by atoms with Crippen LogP contribution in [0.2, 0.25) is 0 Å². The number of nitriles is 1. The van der Waals surface area contributed by atoms with Crippen LogP contribution in [0.1, 0.15) is 15.9 Å². The van der Waals surface area contributed by atoms with Crippen LogP contribution < -0.4 is 10.1 Å². The number of aromatic nitrogens is 3. The molecular formula is C27H19N7O3. The maximum absolute atomic E-state index is 13.1. The average Bonchev–Trinajstić information content (AvgIpc) is 3.36. The van der Waals surface area contributed by atoms with Crippen LogP contribution in [0.3, 0.4) is 0 Å². The second-order valence-corrected chi connectivity index (χ2v) is 7.82. The summed E-state index contributed by atoms with van der Waals surface area (Å²) in [5.41, 5.74) is 0.795. The van der Waals surface area contributed by atoms with Gasteiger partial charge in [-0.1, -0.05) is 30.3 Å². The van der Waals surface area contributed by atoms with E-state index in [1.54, 1.807) is 80.0 Å². The normalized spacial score (nSPS) is 10.9. The fourth-order valence-corrected chi connectivity index (χ4v) is 3.73. The summed E-state index contributed by atoms with van der Waals surface area (Å²) in [5, 5.41) is 37.4. The zero-order chi connectivity index (χ0) is 25.8. The van der Waals surface area contributed by atoms with Crippen molar-refractivity contribution in [3.8, 4) is 23.4 Å². The number of fused-ring (bicyclic) bond motifs is 1. The number of ether oxygens (including phenoxy) is 1. The van der Waals surface area contributed by atoms with Gasteiger partial charge in [0.15, 0.2) is 17.4 Å². The van der Waals surface area contributed by atoms with Gasteiger partial charge in [0, 0.05) is 17.3 Å². The molecule has 0 saturated heterocycles. The van der Waals surface area contributed by atoms with Gasteiger partial charge in [0.1, 0.15) is 23.1 Å². The molecule has 2 heterocycles. The molecule has 2 aromatic heterocycles. The molecule has 5 rings (SSSR count). The van der Waals surface area contributed by atoms with Gasteiger partial charge >= 0.3 is 0 Å². The predicted molar refractivity (Wildman–Crippen MR) is 137 cm³/mol. The average molecular weight is 489 g/mol. The molecule has 1 amide bonds. The van der Waals surface area contributed by atoms with Crippen molar-refractivity contribution >= 4 is 33.9 Å². The highest BCUT2D eigenvalue weighted by Crippen LogP contribution is 2.40. The summed E-state index contributed by atoms with van der Waals surface area (Å²) >= 11 is 0. The van der Waals surface area contributed by atoms with Gasteiger partial charge in [-0.15, -0.1) is 10.2 Å². The number of benzene rings is 3. The number of hydrogen-bond acceptors (Lipinski definition) is 8. The summed E-state index contributed by atoms with van der Waals surface area (Å²) in [7, 11) is 1.56. The van der Waals surface area contributed by atoms with Crippen molar-refractivity contribution in [2.75, 3.05) is 12.4 Å². The molecule has 0 atom stereocenters. The molecule has 180 valence electrons. The molecule has 0 fully saturated rings. The number of phenolic OH excluding ortho intramolecular Hbond substituents is 1. The first-order valence-electron chi connectivity index (χ1n) is 11.1. The van der Waals surface area contributed by atoms with Crippen LogP contribution in [0.25, 0.3) is 16.6 Å². The quantitative estimate of drug-likeness (QED) is 0.295. The van der Waals surface area contributed by atoms with Gasteiger partial charge in [-0.25, -0.2) is 4.98 Å². The molecule has 0 bridgehead atoms. The van der Waals surface area contributed by atoms with E-state index in [-0.39, 0.29) is 28.4 Å². The first-order valence-corrected chi connectivity index (χ1v) is 11.1. The van der Waals surface area contributed by atoms with Crippen LogP contribution in [-0.2, 0) is 0 Å². The number of nitrogens with zero attached hydrogens (tertiary/aromatic N) is 6. The van der Waals surface area contributed by atoms with Crippen molar-refractivity contribution in [3.63, 3.8) is 0 Å². The largest absolute Gasteiger partial charge is 0.505 e. The van der Waals surface area contributed by atoms with E-state index >= 15 is 0 Å². The molecule has 10 nitrogen and oxygen atoms in total. The number of rotatable bonds is 6. The Hall–Kier alpha value is -5.56. The fourth-order valence-electron chi connectivity index (χ4n) is 3.73. The molecule has 0 unspecified atom stereocenters. The minimum Gasteiger partial charge on any atom is -0.505 e. The summed E-state index contributed by atoms with van der Waals surface area (Å²) in [4.78, 5) is 17.4. The lowest BCUT2D eigenvalue weighted by Gasteiger charge is -2.11. The lowest BCUT2D eigenvalue weighted by molar-refractivity contribution is 0.102. The number of hydrogen-bond donors (Lipinski definition) is 2. The van der Waals surface area contributed by atoms with Crippen LogP contribution in [0.4, 0.5) is 17.2 Å². The Balaban J connectivity index is 1.58. The molecule has 37 heavy (non-hydrogen) atoms. The smallest absolute Gasteiger partial charge is 0.259 e. The molecule has 0 saturated carbocycles. The van der Waals surface area contributed by atoms with E-state index in [4.69, 9.17) is 4.74 Å². The Labute approximate surface area is 211 Å². The van der Waals surface area contributed by atoms with Crippen LogP contribution in [-0.4, -0.2) is 32.9 Å². The van der Waals surface area contributed by atoms with Crippen LogP contribution in [0, 0.1) is 11.3 Å². The summed E-state index contributed by atoms with van der Waals surface area (Å²) in [5.74, 6) is 0.352. The number of nitrogens with one attached hydrogen (secondary N) is 1. The third-order valence-corrected chi connectivity index (χ3v) is 5.56. The second-order valence-electron chi connectivity index (χ2n) is 7.82. The predicted octanol–water partition coefficient (Wildman–Crippen LogP) is 5.67. The fraction of sp³-hybridized carbons (Fsp3) is 0.0370. The lowest BCUT2D eigenvalue weighted by Crippen LogP contribution is -2.12. The molecule has 5 aromatic rings. The highest BCUT2D eigenvalue weighted by Gasteiger charge is 2.20. The van der Waals surface area contributed by atoms with Gasteiger partial charge in [0.2, 0.25) is 0 Å². The summed E-state index contributed by atoms with van der Waals surface area (Å²) < 4.78 is 6.52. The topological polar surface area (TPSA) is 138 Å². The van der Waals surface area contributed by atoms with Gasteiger partial charge in [-0.2, -0.15) is 15.0 Å². The van der Waals surface area contributed by atoms with Crippen LogP contribution in [0.5, 0.6) is 11.5 Å². The molecule has 0 aliphatic carbocycles. The number of carbonyl (C=O) groups is 1. The van der Waals surface area contributed by atoms with Crippen LogP contribution >= 0.6 is 0 Å². The van der Waals surface area contributed by atoms with E-state index in [1.165, 1.54) is 10.9 Å². The van der Waals surface area contributed by atoms with E-state index in [0.717, 1.165) is 0 Å². The highest BCUT2D eigenvalue weighted by molar-refractivity contribution is 6.11. The SMILES string of the molecule is COc1ccc(NC(=O)c2cc3ccccc3c(N=Nc3c(C#N)cnn3-c3ccccn3)c2O)cc1. The number of amides is 1. The molecule has 0 spiro atoms. The maximum atomic E-state index is 13.1. The number of aromatic hydroxyl groups is 1. The number of anilines is 1. The van der Waals surface area contributed by atoms with Gasteiger partial charge in [-0.3, -0.25) is 4.79 Å². The maximum Gasteiger partial charge on any atom is 0.259 e. The highest BCUT2D eigenvalue weighted by atomic mass is 16.5. The number of pyridine rings is 1. The van der Waals surface area contributed by atoms with Crippen molar-refractivity contribution in [3.05, 3.63) is 96.3 Å². The Morgan fingerprint density at radius 1 is 1.08 bits per heavy atom. The Morgan fingerprint density at radius 3 is 2.59 bits per heavy atom. The van der Waals surface area contributed by atoms with Gasteiger partial charge in [0.25, 0.3) is 5.91 Å². The molecule has 0 aliphatic heterocycles. The Kier molecular flexibility index (Phi) is 6.25. The molecule has 2 N–H and O–H groups in total. The molecule has 10 heteroatoms. The van der Waals surface area contributed by atoms with E-state index in [1.807, 2.05) is 12.1 Å². The molecule has 0 radical (unpaired) electrons. The molecule has 3 aromatic carbocycles. The van der Waals surface area contributed by atoms with Gasteiger partial charge < -0.3 is 15.2 Å². The standard InChI is InChI=1S/C27H19N7O3/c1-37-20-11-9-19(10-12-20)31-27(36)22-14-17-6-2-3-7-21(17)24(25(22)35)32-33-26-18(15-28)16-30-34(26)23-8-4-5-13-29-23/h2-14,16,35H,1H3,(H,31,36). The molecule has 0 aliphatic rings. The summed E-state index contributed by atoms with van der Waals surface area (Å²) in [6.07, 6.45) is 2.95. The number of carbonyl (C=O) groups excluding carboxylic acids is 1. The van der Waals surface area contributed by atoms with Crippen molar-refractivity contribution < 1.29 is 14.6 Å². The molecular weight excluding hydrogens is 470 g/mol. The summed E-state index contributed by atoms with van der Waals surface area (Å²) in [6.45, 7) is 0. The first kappa shape index (κ1) is 23.2. The van der Waals surface area contributed by atoms with Crippen molar-refractivity contribution in [2.45, 2.75) is 0 Å². The van der Waals surface area contributed by atoms with Crippen molar-refractivity contribution in [1.82, 2.24) is 14.8 Å². The summed E-state index contributed by atoms with van der Waals surface area (Å²) in [6, 6.07) is 22.9. The second kappa shape index (κ2) is 9.97. The van der Waals surface area contributed by atoms with Crippen LogP contribution in [0.15, 0.2) is 95.4 Å². The Morgan fingerprint density at radius 2 is 1.86 bits per heavy atom. The van der Waals surface area contributed by atoms with Gasteiger partial charge in [0.05, 0.1) is 18.9 Å². The zero-order valence-corrected chi connectivity index (χ0v) is 19.5. The Bertz CT molecular complexity index is 1670. The third-order valence-electron chi connectivity index (χ3n) is 5.56. The van der Waals surface area contributed by atoms with E-state index in [2.05, 4.69) is 25.6 Å². The monoisotopic (exact) mass is 489 g/mol. The lowest BCUT2D eigenvalue weighted by atomic mass is 10.0. The van der Waals surface area contributed by atoms with Crippen molar-refractivity contribution in [2.24, 2.45) is 10.2 Å². The number of azo groups is 1.